The average molecular weight is 371 g/mol. The molecule has 2 N–H and O–H groups in total. The highest BCUT2D eigenvalue weighted by molar-refractivity contribution is 5.13. The van der Waals surface area contributed by atoms with Crippen LogP contribution in [0.15, 0.2) is 0 Å². The Kier molecular flexibility index (Phi) is 4.79. The normalized spacial score (nSPS) is 40.0. The Morgan fingerprint density at radius 2 is 1.88 bits per heavy atom. The lowest BCUT2D eigenvalue weighted by Gasteiger charge is -2.68. The highest BCUT2D eigenvalue weighted by Crippen LogP contribution is 2.72. The molecule has 4 fully saturated rings. The number of rotatable bonds is 9. The first-order valence-corrected chi connectivity index (χ1v) is 9.40. The molecule has 26 heavy (non-hydrogen) atoms. The summed E-state index contributed by atoms with van der Waals surface area (Å²) in [5.74, 6) is 0.394. The molecule has 148 valence electrons. The Morgan fingerprint density at radius 1 is 1.15 bits per heavy atom. The number of hydrogen-bond donors (Lipinski definition) is 1. The van der Waals surface area contributed by atoms with Crippen LogP contribution in [-0.2, 0) is 9.68 Å². The standard InChI is InChI=1S/C17H29N3O6/c1-12(14(26-20(23)24)8-25-19(21)22)17-7-13-5-15(2,10-17)9-16(6-13,11-17)3-4-18/h12-14H,3-11,18H2,1-2H3. The molecule has 4 bridgehead atoms. The van der Waals surface area contributed by atoms with Crippen molar-refractivity contribution in [2.45, 2.75) is 64.9 Å². The van der Waals surface area contributed by atoms with E-state index in [1.807, 2.05) is 6.92 Å². The van der Waals surface area contributed by atoms with Crippen LogP contribution in [0.5, 0.6) is 0 Å². The van der Waals surface area contributed by atoms with Gasteiger partial charge in [-0.1, -0.05) is 13.8 Å². The highest BCUT2D eigenvalue weighted by Gasteiger charge is 2.63. The van der Waals surface area contributed by atoms with Crippen molar-refractivity contribution >= 4 is 0 Å². The van der Waals surface area contributed by atoms with Crippen LogP contribution in [0.1, 0.15) is 58.8 Å². The summed E-state index contributed by atoms with van der Waals surface area (Å²) in [7, 11) is 0. The molecule has 9 heteroatoms. The number of hydrogen-bond acceptors (Lipinski definition) is 7. The van der Waals surface area contributed by atoms with Crippen LogP contribution >= 0.6 is 0 Å². The minimum Gasteiger partial charge on any atom is -0.330 e. The molecular formula is C17H29N3O6. The second kappa shape index (κ2) is 6.51. The van der Waals surface area contributed by atoms with Gasteiger partial charge in [-0.25, -0.2) is 0 Å². The topological polar surface area (TPSA) is 131 Å². The largest absolute Gasteiger partial charge is 0.330 e. The lowest BCUT2D eigenvalue weighted by molar-refractivity contribution is -0.792. The summed E-state index contributed by atoms with van der Waals surface area (Å²) >= 11 is 0. The average Bonchev–Trinajstić information content (AvgIpc) is 2.47. The summed E-state index contributed by atoms with van der Waals surface area (Å²) in [6.07, 6.45) is 6.53. The van der Waals surface area contributed by atoms with Crippen LogP contribution in [0, 0.1) is 48.3 Å². The van der Waals surface area contributed by atoms with E-state index in [1.54, 1.807) is 0 Å². The summed E-state index contributed by atoms with van der Waals surface area (Å²) in [4.78, 5) is 30.9. The summed E-state index contributed by atoms with van der Waals surface area (Å²) in [6.45, 7) is 4.49. The third-order valence-electron chi connectivity index (χ3n) is 7.27. The van der Waals surface area contributed by atoms with E-state index >= 15 is 0 Å². The van der Waals surface area contributed by atoms with Gasteiger partial charge in [0, 0.05) is 0 Å². The molecule has 4 aliphatic carbocycles. The van der Waals surface area contributed by atoms with E-state index < -0.39 is 22.9 Å². The fourth-order valence-electron chi connectivity index (χ4n) is 7.22. The van der Waals surface area contributed by atoms with Crippen LogP contribution in [0.2, 0.25) is 0 Å². The molecule has 0 aromatic rings. The van der Waals surface area contributed by atoms with Gasteiger partial charge in [0.05, 0.1) is 0 Å². The summed E-state index contributed by atoms with van der Waals surface area (Å²) in [5.41, 5.74) is 6.21. The van der Waals surface area contributed by atoms with Crippen molar-refractivity contribution in [3.63, 3.8) is 0 Å². The molecule has 6 atom stereocenters. The maximum Gasteiger partial charge on any atom is 0.294 e. The molecule has 6 unspecified atom stereocenters. The van der Waals surface area contributed by atoms with Gasteiger partial charge in [-0.15, -0.1) is 20.2 Å². The van der Waals surface area contributed by atoms with Crippen LogP contribution < -0.4 is 5.73 Å². The molecule has 4 saturated carbocycles. The van der Waals surface area contributed by atoms with Crippen molar-refractivity contribution in [3.8, 4) is 0 Å². The van der Waals surface area contributed by atoms with E-state index in [2.05, 4.69) is 11.8 Å². The van der Waals surface area contributed by atoms with Crippen molar-refractivity contribution in [1.29, 1.82) is 0 Å². The van der Waals surface area contributed by atoms with Gasteiger partial charge in [0.25, 0.3) is 10.2 Å². The van der Waals surface area contributed by atoms with Crippen molar-refractivity contribution in [2.24, 2.45) is 33.8 Å². The smallest absolute Gasteiger partial charge is 0.294 e. The minimum absolute atomic E-state index is 0.107. The SMILES string of the molecule is CC(C(CO[N+](=O)[O-])O[N+](=O)[O-])C12CC3CC(C)(CC(CCN)(C3)C1)C2. The zero-order valence-electron chi connectivity index (χ0n) is 15.5. The second-order valence-electron chi connectivity index (χ2n) is 9.40. The molecule has 0 spiro atoms. The van der Waals surface area contributed by atoms with Crippen LogP contribution in [-0.4, -0.2) is 29.4 Å². The quantitative estimate of drug-likeness (QED) is 0.487. The Hall–Kier alpha value is -1.64. The van der Waals surface area contributed by atoms with Gasteiger partial charge in [0.1, 0.15) is 12.7 Å². The predicted octanol–water partition coefficient (Wildman–Crippen LogP) is 2.73. The Labute approximate surface area is 152 Å². The third-order valence-corrected chi connectivity index (χ3v) is 7.27. The van der Waals surface area contributed by atoms with Crippen LogP contribution in [0.4, 0.5) is 0 Å². The summed E-state index contributed by atoms with van der Waals surface area (Å²) < 4.78 is 0. The summed E-state index contributed by atoms with van der Waals surface area (Å²) in [6, 6.07) is 0. The fraction of sp³-hybridized carbons (Fsp3) is 1.00. The first-order chi connectivity index (χ1) is 12.1. The van der Waals surface area contributed by atoms with Gasteiger partial charge in [-0.2, -0.15) is 0 Å². The molecule has 0 aromatic heterocycles. The molecule has 0 saturated heterocycles. The van der Waals surface area contributed by atoms with Crippen LogP contribution in [0.25, 0.3) is 0 Å². The number of nitrogens with zero attached hydrogens (tertiary/aromatic N) is 2. The zero-order valence-corrected chi connectivity index (χ0v) is 15.5. The molecule has 0 heterocycles. The molecule has 4 aliphatic rings. The molecular weight excluding hydrogens is 342 g/mol. The lowest BCUT2D eigenvalue weighted by atomic mass is 9.37. The van der Waals surface area contributed by atoms with E-state index in [4.69, 9.17) is 10.6 Å². The van der Waals surface area contributed by atoms with E-state index in [0.29, 0.717) is 12.5 Å². The van der Waals surface area contributed by atoms with Gasteiger partial charge in [0.2, 0.25) is 0 Å². The first-order valence-electron chi connectivity index (χ1n) is 9.40. The van der Waals surface area contributed by atoms with Gasteiger partial charge < -0.3 is 15.4 Å². The second-order valence-corrected chi connectivity index (χ2v) is 9.40. The predicted molar refractivity (Wildman–Crippen MR) is 91.8 cm³/mol. The maximum atomic E-state index is 11.0. The van der Waals surface area contributed by atoms with Gasteiger partial charge in [-0.05, 0) is 79.6 Å². The van der Waals surface area contributed by atoms with Gasteiger partial charge in [-0.3, -0.25) is 0 Å². The zero-order chi connectivity index (χ0) is 19.2. The maximum absolute atomic E-state index is 11.0. The van der Waals surface area contributed by atoms with E-state index in [-0.39, 0.29) is 22.2 Å². The Balaban J connectivity index is 1.87. The molecule has 0 radical (unpaired) electrons. The van der Waals surface area contributed by atoms with E-state index in [9.17, 15) is 20.2 Å². The highest BCUT2D eigenvalue weighted by atomic mass is 17.0. The van der Waals surface area contributed by atoms with Crippen molar-refractivity contribution in [3.05, 3.63) is 20.2 Å². The molecule has 9 nitrogen and oxygen atoms in total. The molecule has 0 amide bonds. The van der Waals surface area contributed by atoms with E-state index in [0.717, 1.165) is 32.1 Å². The van der Waals surface area contributed by atoms with Crippen molar-refractivity contribution in [2.75, 3.05) is 13.2 Å². The first kappa shape index (κ1) is 19.1. The van der Waals surface area contributed by atoms with Crippen LogP contribution in [0.3, 0.4) is 0 Å². The van der Waals surface area contributed by atoms with Crippen molar-refractivity contribution < 1.29 is 19.8 Å². The number of nitrogens with two attached hydrogens (primary N) is 1. The fourth-order valence-corrected chi connectivity index (χ4v) is 7.22. The molecule has 0 aromatic carbocycles. The van der Waals surface area contributed by atoms with E-state index in [1.165, 1.54) is 12.8 Å². The monoisotopic (exact) mass is 371 g/mol. The minimum atomic E-state index is -0.940. The summed E-state index contributed by atoms with van der Waals surface area (Å²) in [5, 5.41) is 19.8. The Bertz CT molecular complexity index is 589. The van der Waals surface area contributed by atoms with Crippen molar-refractivity contribution in [1.82, 2.24) is 0 Å². The molecule has 0 aliphatic heterocycles. The third kappa shape index (κ3) is 3.45. The molecule has 4 rings (SSSR count). The lowest BCUT2D eigenvalue weighted by Crippen LogP contribution is -2.60. The Morgan fingerprint density at radius 3 is 2.46 bits per heavy atom. The van der Waals surface area contributed by atoms with Gasteiger partial charge in [0.15, 0.2) is 0 Å². The van der Waals surface area contributed by atoms with Gasteiger partial charge >= 0.3 is 0 Å².